The predicted octanol–water partition coefficient (Wildman–Crippen LogP) is 2.73. The van der Waals surface area contributed by atoms with Gasteiger partial charge < -0.3 is 10.6 Å². The number of piperidine rings is 1. The average Bonchev–Trinajstić information content (AvgIpc) is 2.97. The Kier molecular flexibility index (Phi) is 3.97. The van der Waals surface area contributed by atoms with E-state index in [2.05, 4.69) is 37.7 Å². The number of anilines is 1. The minimum absolute atomic E-state index is 0.193. The molecule has 0 spiro atoms. The highest BCUT2D eigenvalue weighted by atomic mass is 79.9. The van der Waals surface area contributed by atoms with E-state index in [4.69, 9.17) is 10.7 Å². The van der Waals surface area contributed by atoms with E-state index in [9.17, 15) is 0 Å². The molecule has 1 aliphatic rings. The summed E-state index contributed by atoms with van der Waals surface area (Å²) in [6, 6.07) is 6.08. The summed E-state index contributed by atoms with van der Waals surface area (Å²) in [5, 5.41) is 0. The first-order valence-corrected chi connectivity index (χ1v) is 8.86. The van der Waals surface area contributed by atoms with Gasteiger partial charge in [0.1, 0.15) is 17.2 Å². The number of aromatic nitrogens is 4. The SMILES string of the molecule is CC1CC(N)CN(c2ccnc(-c3cnc4ccc(Br)cn34)n2)C1. The second kappa shape index (κ2) is 6.14. The Morgan fingerprint density at radius 2 is 2.08 bits per heavy atom. The van der Waals surface area contributed by atoms with E-state index in [1.807, 2.05) is 35.0 Å². The van der Waals surface area contributed by atoms with E-state index in [1.54, 1.807) is 6.20 Å². The maximum Gasteiger partial charge on any atom is 0.180 e. The first kappa shape index (κ1) is 15.5. The van der Waals surface area contributed by atoms with Crippen molar-refractivity contribution in [2.24, 2.45) is 11.7 Å². The third-order valence-electron chi connectivity index (χ3n) is 4.36. The fourth-order valence-electron chi connectivity index (χ4n) is 3.36. The van der Waals surface area contributed by atoms with Crippen LogP contribution < -0.4 is 10.6 Å². The zero-order valence-corrected chi connectivity index (χ0v) is 15.0. The Labute approximate surface area is 148 Å². The highest BCUT2D eigenvalue weighted by Crippen LogP contribution is 2.24. The van der Waals surface area contributed by atoms with Gasteiger partial charge in [0.25, 0.3) is 0 Å². The maximum absolute atomic E-state index is 6.17. The number of fused-ring (bicyclic) bond motifs is 1. The lowest BCUT2D eigenvalue weighted by molar-refractivity contribution is 0.400. The van der Waals surface area contributed by atoms with Crippen LogP contribution in [0.4, 0.5) is 5.82 Å². The second-order valence-corrected chi connectivity index (χ2v) is 7.38. The van der Waals surface area contributed by atoms with Crippen LogP contribution in [0, 0.1) is 5.92 Å². The molecule has 0 amide bonds. The number of rotatable bonds is 2. The molecule has 124 valence electrons. The van der Waals surface area contributed by atoms with Crippen LogP contribution in [0.3, 0.4) is 0 Å². The average molecular weight is 387 g/mol. The zero-order chi connectivity index (χ0) is 16.7. The highest BCUT2D eigenvalue weighted by Gasteiger charge is 2.23. The van der Waals surface area contributed by atoms with E-state index in [0.717, 1.165) is 41.1 Å². The second-order valence-electron chi connectivity index (χ2n) is 6.46. The number of hydrogen-bond acceptors (Lipinski definition) is 5. The fraction of sp³-hybridized carbons (Fsp3) is 0.353. The van der Waals surface area contributed by atoms with E-state index in [-0.39, 0.29) is 6.04 Å². The van der Waals surface area contributed by atoms with Crippen molar-refractivity contribution in [1.29, 1.82) is 0 Å². The third-order valence-corrected chi connectivity index (χ3v) is 4.82. The van der Waals surface area contributed by atoms with Gasteiger partial charge in [-0.25, -0.2) is 15.0 Å². The minimum atomic E-state index is 0.193. The van der Waals surface area contributed by atoms with Gasteiger partial charge in [-0.05, 0) is 46.5 Å². The summed E-state index contributed by atoms with van der Waals surface area (Å²) in [5.74, 6) is 2.16. The fourth-order valence-corrected chi connectivity index (χ4v) is 3.69. The lowest BCUT2D eigenvalue weighted by Gasteiger charge is -2.35. The van der Waals surface area contributed by atoms with Gasteiger partial charge in [0.2, 0.25) is 0 Å². The number of nitrogens with two attached hydrogens (primary N) is 1. The summed E-state index contributed by atoms with van der Waals surface area (Å²) < 4.78 is 2.98. The third kappa shape index (κ3) is 2.89. The Bertz CT molecular complexity index is 866. The van der Waals surface area contributed by atoms with Crippen LogP contribution in [-0.4, -0.2) is 38.5 Å². The van der Waals surface area contributed by atoms with Crippen molar-refractivity contribution in [2.75, 3.05) is 18.0 Å². The van der Waals surface area contributed by atoms with Gasteiger partial charge in [-0.3, -0.25) is 4.40 Å². The Balaban J connectivity index is 1.73. The predicted molar refractivity (Wildman–Crippen MR) is 97.9 cm³/mol. The van der Waals surface area contributed by atoms with Crippen LogP contribution in [0.1, 0.15) is 13.3 Å². The van der Waals surface area contributed by atoms with Crippen molar-refractivity contribution >= 4 is 27.4 Å². The molecule has 1 fully saturated rings. The smallest absolute Gasteiger partial charge is 0.180 e. The molecule has 0 aliphatic carbocycles. The van der Waals surface area contributed by atoms with Crippen LogP contribution in [0.5, 0.6) is 0 Å². The molecule has 3 aromatic rings. The first-order valence-electron chi connectivity index (χ1n) is 8.07. The van der Waals surface area contributed by atoms with Crippen LogP contribution in [0.15, 0.2) is 41.3 Å². The van der Waals surface area contributed by atoms with Crippen molar-refractivity contribution < 1.29 is 0 Å². The molecular formula is C17H19BrN6. The van der Waals surface area contributed by atoms with Gasteiger partial charge in [0, 0.05) is 36.0 Å². The first-order chi connectivity index (χ1) is 11.6. The van der Waals surface area contributed by atoms with E-state index in [0.29, 0.717) is 11.7 Å². The Morgan fingerprint density at radius 3 is 2.92 bits per heavy atom. The summed E-state index contributed by atoms with van der Waals surface area (Å²) >= 11 is 3.50. The lowest BCUT2D eigenvalue weighted by atomic mass is 9.97. The van der Waals surface area contributed by atoms with Crippen molar-refractivity contribution in [3.05, 3.63) is 41.3 Å². The van der Waals surface area contributed by atoms with Gasteiger partial charge in [-0.1, -0.05) is 6.92 Å². The summed E-state index contributed by atoms with van der Waals surface area (Å²) in [6.45, 7) is 4.04. The summed E-state index contributed by atoms with van der Waals surface area (Å²) in [6.07, 6.45) is 6.66. The zero-order valence-electron chi connectivity index (χ0n) is 13.4. The molecule has 2 unspecified atom stereocenters. The highest BCUT2D eigenvalue weighted by molar-refractivity contribution is 9.10. The molecule has 6 nitrogen and oxygen atoms in total. The largest absolute Gasteiger partial charge is 0.355 e. The number of pyridine rings is 1. The molecule has 0 bridgehead atoms. The van der Waals surface area contributed by atoms with Gasteiger partial charge in [-0.15, -0.1) is 0 Å². The normalized spacial score (nSPS) is 21.4. The quantitative estimate of drug-likeness (QED) is 0.732. The van der Waals surface area contributed by atoms with Crippen molar-refractivity contribution in [1.82, 2.24) is 19.4 Å². The molecule has 4 rings (SSSR count). The Morgan fingerprint density at radius 1 is 1.21 bits per heavy atom. The Hall–Kier alpha value is -1.99. The number of halogens is 1. The van der Waals surface area contributed by atoms with Crippen molar-refractivity contribution in [3.63, 3.8) is 0 Å². The van der Waals surface area contributed by atoms with E-state index >= 15 is 0 Å². The van der Waals surface area contributed by atoms with Crippen LogP contribution in [0.25, 0.3) is 17.2 Å². The van der Waals surface area contributed by atoms with E-state index < -0.39 is 0 Å². The molecule has 1 saturated heterocycles. The molecule has 7 heteroatoms. The molecule has 0 radical (unpaired) electrons. The molecule has 1 aliphatic heterocycles. The molecule has 2 N–H and O–H groups in total. The lowest BCUT2D eigenvalue weighted by Crippen LogP contribution is -2.46. The summed E-state index contributed by atoms with van der Waals surface area (Å²) in [5.41, 5.74) is 7.92. The minimum Gasteiger partial charge on any atom is -0.355 e. The van der Waals surface area contributed by atoms with Crippen LogP contribution >= 0.6 is 15.9 Å². The molecule has 0 saturated carbocycles. The molecule has 24 heavy (non-hydrogen) atoms. The maximum atomic E-state index is 6.17. The molecule has 4 heterocycles. The molecule has 2 atom stereocenters. The van der Waals surface area contributed by atoms with Crippen molar-refractivity contribution in [2.45, 2.75) is 19.4 Å². The monoisotopic (exact) mass is 386 g/mol. The number of hydrogen-bond donors (Lipinski definition) is 1. The van der Waals surface area contributed by atoms with Gasteiger partial charge >= 0.3 is 0 Å². The standard InChI is InChI=1S/C17H19BrN6/c1-11-6-13(19)10-23(8-11)16-4-5-20-17(22-16)14-7-21-15-3-2-12(18)9-24(14)15/h2-5,7,9,11,13H,6,8,10,19H2,1H3. The van der Waals surface area contributed by atoms with Gasteiger partial charge in [0.05, 0.1) is 6.20 Å². The number of imidazole rings is 1. The van der Waals surface area contributed by atoms with Gasteiger partial charge in [0.15, 0.2) is 5.82 Å². The topological polar surface area (TPSA) is 72.3 Å². The summed E-state index contributed by atoms with van der Waals surface area (Å²) in [7, 11) is 0. The molecule has 3 aromatic heterocycles. The summed E-state index contributed by atoms with van der Waals surface area (Å²) in [4.78, 5) is 15.9. The molecule has 0 aromatic carbocycles. The van der Waals surface area contributed by atoms with Crippen molar-refractivity contribution in [3.8, 4) is 11.5 Å². The molecular weight excluding hydrogens is 368 g/mol. The van der Waals surface area contributed by atoms with E-state index in [1.165, 1.54) is 0 Å². The van der Waals surface area contributed by atoms with Crippen LogP contribution in [-0.2, 0) is 0 Å². The van der Waals surface area contributed by atoms with Gasteiger partial charge in [-0.2, -0.15) is 0 Å². The van der Waals surface area contributed by atoms with Crippen LogP contribution in [0.2, 0.25) is 0 Å². The number of nitrogens with zero attached hydrogens (tertiary/aromatic N) is 5.